The molecular formula is C17H27ClN2O. The highest BCUT2D eigenvalue weighted by atomic mass is 35.5. The van der Waals surface area contributed by atoms with Crippen molar-refractivity contribution in [2.24, 2.45) is 11.8 Å². The van der Waals surface area contributed by atoms with E-state index in [1.165, 1.54) is 16.7 Å². The number of carbonyl (C=O) groups is 1. The van der Waals surface area contributed by atoms with E-state index in [9.17, 15) is 4.79 Å². The van der Waals surface area contributed by atoms with Crippen LogP contribution in [0.2, 0.25) is 0 Å². The van der Waals surface area contributed by atoms with Crippen LogP contribution in [0.3, 0.4) is 0 Å². The van der Waals surface area contributed by atoms with Gasteiger partial charge in [0.25, 0.3) is 0 Å². The summed E-state index contributed by atoms with van der Waals surface area (Å²) in [6.45, 7) is 10.3. The normalized spacial score (nSPS) is 17.3. The Hall–Kier alpha value is -1.06. The Balaban J connectivity index is 0.00000220. The highest BCUT2D eigenvalue weighted by molar-refractivity contribution is 5.85. The van der Waals surface area contributed by atoms with Gasteiger partial charge in [-0.3, -0.25) is 4.79 Å². The summed E-state index contributed by atoms with van der Waals surface area (Å²) in [6.07, 6.45) is 0.896. The van der Waals surface area contributed by atoms with Gasteiger partial charge in [0.2, 0.25) is 5.91 Å². The third kappa shape index (κ3) is 4.72. The molecule has 1 saturated heterocycles. The van der Waals surface area contributed by atoms with Gasteiger partial charge in [0.15, 0.2) is 0 Å². The van der Waals surface area contributed by atoms with Gasteiger partial charge in [-0.25, -0.2) is 0 Å². The average Bonchev–Trinajstić information content (AvgIpc) is 2.30. The Morgan fingerprint density at radius 1 is 1.33 bits per heavy atom. The van der Waals surface area contributed by atoms with Crippen LogP contribution >= 0.6 is 12.4 Å². The van der Waals surface area contributed by atoms with Crippen LogP contribution < -0.4 is 10.6 Å². The van der Waals surface area contributed by atoms with E-state index in [0.29, 0.717) is 5.92 Å². The van der Waals surface area contributed by atoms with Crippen molar-refractivity contribution in [1.29, 1.82) is 0 Å². The highest BCUT2D eigenvalue weighted by Gasteiger charge is 2.29. The number of carbonyl (C=O) groups excluding carboxylic acids is 1. The molecule has 1 heterocycles. The van der Waals surface area contributed by atoms with Crippen LogP contribution in [-0.4, -0.2) is 25.0 Å². The minimum absolute atomic E-state index is 0. The first-order chi connectivity index (χ1) is 9.47. The average molecular weight is 311 g/mol. The number of rotatable bonds is 5. The Bertz CT molecular complexity index is 486. The van der Waals surface area contributed by atoms with Crippen molar-refractivity contribution in [1.82, 2.24) is 10.6 Å². The maximum absolute atomic E-state index is 12.2. The van der Waals surface area contributed by atoms with Gasteiger partial charge in [-0.1, -0.05) is 30.7 Å². The first-order valence-electron chi connectivity index (χ1n) is 7.54. The molecule has 1 fully saturated rings. The molecule has 0 bridgehead atoms. The minimum atomic E-state index is 0. The smallest absolute Gasteiger partial charge is 0.223 e. The molecule has 118 valence electrons. The van der Waals surface area contributed by atoms with Crippen molar-refractivity contribution in [2.75, 3.05) is 13.1 Å². The molecule has 1 aliphatic rings. The summed E-state index contributed by atoms with van der Waals surface area (Å²) in [4.78, 5) is 12.2. The van der Waals surface area contributed by atoms with Crippen LogP contribution in [-0.2, 0) is 11.2 Å². The standard InChI is InChI=1S/C17H26N2O.ClH/c1-11-5-6-15(12(2)7-11)8-13(3)19-17(20)14(4)16-9-18-10-16;/h5-7,13-14,16,18H,8-10H2,1-4H3,(H,19,20);1H. The third-order valence-electron chi connectivity index (χ3n) is 4.35. The minimum Gasteiger partial charge on any atom is -0.353 e. The maximum atomic E-state index is 12.2. The number of nitrogens with one attached hydrogen (secondary N) is 2. The number of benzene rings is 1. The molecule has 2 rings (SSSR count). The van der Waals surface area contributed by atoms with Crippen LogP contribution in [0.4, 0.5) is 0 Å². The van der Waals surface area contributed by atoms with E-state index in [-0.39, 0.29) is 30.3 Å². The zero-order valence-electron chi connectivity index (χ0n) is 13.4. The van der Waals surface area contributed by atoms with Crippen molar-refractivity contribution in [2.45, 2.75) is 40.2 Å². The van der Waals surface area contributed by atoms with Crippen LogP contribution in [0.1, 0.15) is 30.5 Å². The Morgan fingerprint density at radius 3 is 2.52 bits per heavy atom. The van der Waals surface area contributed by atoms with Crippen molar-refractivity contribution < 1.29 is 4.79 Å². The molecule has 21 heavy (non-hydrogen) atoms. The lowest BCUT2D eigenvalue weighted by molar-refractivity contribution is -0.127. The number of amides is 1. The number of halogens is 1. The molecule has 0 radical (unpaired) electrons. The topological polar surface area (TPSA) is 41.1 Å². The SMILES string of the molecule is Cc1ccc(CC(C)NC(=O)C(C)C2CNC2)c(C)c1.Cl. The Labute approximate surface area is 134 Å². The van der Waals surface area contributed by atoms with E-state index >= 15 is 0 Å². The molecule has 1 amide bonds. The van der Waals surface area contributed by atoms with Gasteiger partial charge in [-0.15, -0.1) is 12.4 Å². The fourth-order valence-electron chi connectivity index (χ4n) is 2.71. The van der Waals surface area contributed by atoms with Gasteiger partial charge >= 0.3 is 0 Å². The number of aryl methyl sites for hydroxylation is 2. The van der Waals surface area contributed by atoms with Crippen LogP contribution in [0.25, 0.3) is 0 Å². The molecule has 1 aliphatic heterocycles. The monoisotopic (exact) mass is 310 g/mol. The summed E-state index contributed by atoms with van der Waals surface area (Å²) >= 11 is 0. The predicted octanol–water partition coefficient (Wildman–Crippen LogP) is 2.63. The lowest BCUT2D eigenvalue weighted by atomic mass is 9.88. The summed E-state index contributed by atoms with van der Waals surface area (Å²) in [5.41, 5.74) is 3.91. The predicted molar refractivity (Wildman–Crippen MR) is 90.0 cm³/mol. The molecule has 0 saturated carbocycles. The molecule has 3 nitrogen and oxygen atoms in total. The number of hydrogen-bond acceptors (Lipinski definition) is 2. The first kappa shape index (κ1) is 18.0. The van der Waals surface area contributed by atoms with E-state index in [4.69, 9.17) is 0 Å². The molecule has 0 spiro atoms. The van der Waals surface area contributed by atoms with Crippen molar-refractivity contribution >= 4 is 18.3 Å². The summed E-state index contributed by atoms with van der Waals surface area (Å²) in [5.74, 6) is 0.801. The van der Waals surface area contributed by atoms with Crippen molar-refractivity contribution in [3.05, 3.63) is 34.9 Å². The summed E-state index contributed by atoms with van der Waals surface area (Å²) in [6, 6.07) is 6.69. The van der Waals surface area contributed by atoms with Gasteiger partial charge in [-0.2, -0.15) is 0 Å². The van der Waals surface area contributed by atoms with Crippen LogP contribution in [0, 0.1) is 25.7 Å². The van der Waals surface area contributed by atoms with Crippen LogP contribution in [0.5, 0.6) is 0 Å². The lowest BCUT2D eigenvalue weighted by Gasteiger charge is -2.32. The van der Waals surface area contributed by atoms with Gasteiger partial charge < -0.3 is 10.6 Å². The maximum Gasteiger partial charge on any atom is 0.223 e. The third-order valence-corrected chi connectivity index (χ3v) is 4.35. The quantitative estimate of drug-likeness (QED) is 0.878. The molecular weight excluding hydrogens is 284 g/mol. The van der Waals surface area contributed by atoms with Crippen LogP contribution in [0.15, 0.2) is 18.2 Å². The first-order valence-corrected chi connectivity index (χ1v) is 7.54. The highest BCUT2D eigenvalue weighted by Crippen LogP contribution is 2.17. The van der Waals surface area contributed by atoms with Gasteiger partial charge in [-0.05, 0) is 57.3 Å². The van der Waals surface area contributed by atoms with E-state index in [1.54, 1.807) is 0 Å². The Kier molecular flexibility index (Phi) is 6.69. The second kappa shape index (κ2) is 7.81. The van der Waals surface area contributed by atoms with Crippen molar-refractivity contribution in [3.8, 4) is 0 Å². The molecule has 1 aromatic rings. The van der Waals surface area contributed by atoms with E-state index in [0.717, 1.165) is 19.5 Å². The van der Waals surface area contributed by atoms with Gasteiger partial charge in [0.1, 0.15) is 0 Å². The van der Waals surface area contributed by atoms with E-state index in [1.807, 2.05) is 6.92 Å². The van der Waals surface area contributed by atoms with E-state index in [2.05, 4.69) is 49.6 Å². The fourth-order valence-corrected chi connectivity index (χ4v) is 2.71. The zero-order valence-corrected chi connectivity index (χ0v) is 14.2. The molecule has 0 aromatic heterocycles. The molecule has 4 heteroatoms. The van der Waals surface area contributed by atoms with Gasteiger partial charge in [0, 0.05) is 12.0 Å². The summed E-state index contributed by atoms with van der Waals surface area (Å²) < 4.78 is 0. The van der Waals surface area contributed by atoms with Crippen molar-refractivity contribution in [3.63, 3.8) is 0 Å². The number of hydrogen-bond donors (Lipinski definition) is 2. The van der Waals surface area contributed by atoms with E-state index < -0.39 is 0 Å². The molecule has 2 unspecified atom stereocenters. The second-order valence-electron chi connectivity index (χ2n) is 6.25. The molecule has 2 N–H and O–H groups in total. The summed E-state index contributed by atoms with van der Waals surface area (Å²) in [7, 11) is 0. The Morgan fingerprint density at radius 2 is 2.00 bits per heavy atom. The molecule has 0 aliphatic carbocycles. The molecule has 1 aromatic carbocycles. The largest absolute Gasteiger partial charge is 0.353 e. The fraction of sp³-hybridized carbons (Fsp3) is 0.588. The summed E-state index contributed by atoms with van der Waals surface area (Å²) in [5, 5.41) is 6.38. The zero-order chi connectivity index (χ0) is 14.7. The lowest BCUT2D eigenvalue weighted by Crippen LogP contribution is -2.50. The molecule has 2 atom stereocenters. The second-order valence-corrected chi connectivity index (χ2v) is 6.25. The van der Waals surface area contributed by atoms with Gasteiger partial charge in [0.05, 0.1) is 0 Å².